The molecule has 5 nitrogen and oxygen atoms in total. The van der Waals surface area contributed by atoms with Gasteiger partial charge < -0.3 is 14.8 Å². The fourth-order valence-corrected chi connectivity index (χ4v) is 2.53. The standard InChI is InChI=1S/C17H20N2O3/c1-3-15-13(8-6-10-22-15)17(20)19-14(11-18)12-7-4-5-9-16(12)21-2/h4-5,7,9,14H,3,6,8,10H2,1-2H3,(H,19,20)/t14-/m0/s1. The lowest BCUT2D eigenvalue weighted by atomic mass is 10.0. The Hall–Kier alpha value is -2.48. The average Bonchev–Trinajstić information content (AvgIpc) is 2.59. The number of ether oxygens (including phenoxy) is 2. The monoisotopic (exact) mass is 300 g/mol. The molecule has 0 radical (unpaired) electrons. The summed E-state index contributed by atoms with van der Waals surface area (Å²) in [6.07, 6.45) is 2.17. The minimum atomic E-state index is -0.754. The maximum atomic E-state index is 12.5. The molecule has 1 aromatic carbocycles. The van der Waals surface area contributed by atoms with Gasteiger partial charge >= 0.3 is 0 Å². The lowest BCUT2D eigenvalue weighted by molar-refractivity contribution is -0.118. The van der Waals surface area contributed by atoms with Gasteiger partial charge in [-0.3, -0.25) is 4.79 Å². The van der Waals surface area contributed by atoms with E-state index < -0.39 is 6.04 Å². The van der Waals surface area contributed by atoms with Gasteiger partial charge in [0, 0.05) is 12.0 Å². The van der Waals surface area contributed by atoms with Crippen molar-refractivity contribution in [2.75, 3.05) is 13.7 Å². The largest absolute Gasteiger partial charge is 0.497 e. The van der Waals surface area contributed by atoms with Gasteiger partial charge in [-0.1, -0.05) is 25.1 Å². The molecule has 0 unspecified atom stereocenters. The fourth-order valence-electron chi connectivity index (χ4n) is 2.53. The van der Waals surface area contributed by atoms with Crippen molar-refractivity contribution in [2.45, 2.75) is 32.2 Å². The maximum Gasteiger partial charge on any atom is 0.251 e. The predicted molar refractivity (Wildman–Crippen MR) is 82.0 cm³/mol. The van der Waals surface area contributed by atoms with Crippen molar-refractivity contribution in [3.8, 4) is 11.8 Å². The van der Waals surface area contributed by atoms with E-state index in [0.717, 1.165) is 12.2 Å². The Kier molecular flexibility index (Phi) is 5.42. The summed E-state index contributed by atoms with van der Waals surface area (Å²) in [4.78, 5) is 12.5. The third-order valence-corrected chi connectivity index (χ3v) is 3.63. The number of hydrogen-bond acceptors (Lipinski definition) is 4. The van der Waals surface area contributed by atoms with Gasteiger partial charge in [0.05, 0.1) is 25.4 Å². The van der Waals surface area contributed by atoms with Crippen molar-refractivity contribution in [3.63, 3.8) is 0 Å². The van der Waals surface area contributed by atoms with Crippen LogP contribution in [0.15, 0.2) is 35.6 Å². The van der Waals surface area contributed by atoms with Crippen LogP contribution < -0.4 is 10.1 Å². The van der Waals surface area contributed by atoms with Crippen molar-refractivity contribution in [1.29, 1.82) is 5.26 Å². The second-order valence-electron chi connectivity index (χ2n) is 4.98. The summed E-state index contributed by atoms with van der Waals surface area (Å²) in [5.74, 6) is 1.06. The van der Waals surface area contributed by atoms with Gasteiger partial charge in [0.1, 0.15) is 17.6 Å². The molecule has 0 spiro atoms. The van der Waals surface area contributed by atoms with E-state index in [1.807, 2.05) is 19.1 Å². The molecule has 1 aliphatic rings. The minimum absolute atomic E-state index is 0.242. The number of allylic oxidation sites excluding steroid dienone is 1. The van der Waals surface area contributed by atoms with E-state index in [0.29, 0.717) is 36.3 Å². The van der Waals surface area contributed by atoms with Gasteiger partial charge in [0.25, 0.3) is 5.91 Å². The number of nitriles is 1. The molecule has 2 rings (SSSR count). The van der Waals surface area contributed by atoms with E-state index >= 15 is 0 Å². The molecule has 0 aliphatic carbocycles. The highest BCUT2D eigenvalue weighted by Gasteiger charge is 2.23. The van der Waals surface area contributed by atoms with Crippen molar-refractivity contribution in [1.82, 2.24) is 5.32 Å². The zero-order valence-corrected chi connectivity index (χ0v) is 12.9. The van der Waals surface area contributed by atoms with Crippen molar-refractivity contribution in [3.05, 3.63) is 41.2 Å². The van der Waals surface area contributed by atoms with Crippen LogP contribution in [0.2, 0.25) is 0 Å². The van der Waals surface area contributed by atoms with E-state index in [4.69, 9.17) is 9.47 Å². The molecule has 0 saturated heterocycles. The maximum absolute atomic E-state index is 12.5. The summed E-state index contributed by atoms with van der Waals surface area (Å²) >= 11 is 0. The molecule has 0 bridgehead atoms. The highest BCUT2D eigenvalue weighted by Crippen LogP contribution is 2.26. The number of carbonyl (C=O) groups excluding carboxylic acids is 1. The molecule has 22 heavy (non-hydrogen) atoms. The van der Waals surface area contributed by atoms with Crippen LogP contribution in [0.5, 0.6) is 5.75 Å². The van der Waals surface area contributed by atoms with Gasteiger partial charge in [-0.15, -0.1) is 0 Å². The Bertz CT molecular complexity index is 617. The van der Waals surface area contributed by atoms with Crippen LogP contribution in [0.4, 0.5) is 0 Å². The van der Waals surface area contributed by atoms with Crippen LogP contribution >= 0.6 is 0 Å². The molecule has 1 atom stereocenters. The third kappa shape index (κ3) is 3.40. The summed E-state index contributed by atoms with van der Waals surface area (Å²) in [5.41, 5.74) is 1.29. The second-order valence-corrected chi connectivity index (χ2v) is 4.98. The van der Waals surface area contributed by atoms with Crippen molar-refractivity contribution in [2.24, 2.45) is 0 Å². The van der Waals surface area contributed by atoms with Crippen molar-refractivity contribution >= 4 is 5.91 Å². The molecule has 1 aromatic rings. The normalized spacial score (nSPS) is 15.5. The SMILES string of the molecule is CCC1=C(C(=O)N[C@@H](C#N)c2ccccc2OC)CCCO1. The average molecular weight is 300 g/mol. The van der Waals surface area contributed by atoms with E-state index in [2.05, 4.69) is 11.4 Å². The first-order valence-corrected chi connectivity index (χ1v) is 7.39. The van der Waals surface area contributed by atoms with E-state index in [1.54, 1.807) is 19.2 Å². The summed E-state index contributed by atoms with van der Waals surface area (Å²) in [7, 11) is 1.54. The smallest absolute Gasteiger partial charge is 0.251 e. The number of carbonyl (C=O) groups is 1. The molecule has 1 heterocycles. The molecule has 0 saturated carbocycles. The molecule has 1 aliphatic heterocycles. The van der Waals surface area contributed by atoms with Gasteiger partial charge in [0.15, 0.2) is 0 Å². The van der Waals surface area contributed by atoms with E-state index in [-0.39, 0.29) is 5.91 Å². The van der Waals surface area contributed by atoms with Crippen LogP contribution in [0.25, 0.3) is 0 Å². The van der Waals surface area contributed by atoms with Gasteiger partial charge in [-0.2, -0.15) is 5.26 Å². The van der Waals surface area contributed by atoms with Crippen LogP contribution in [-0.2, 0) is 9.53 Å². The molecular formula is C17H20N2O3. The Morgan fingerprint density at radius 1 is 1.50 bits per heavy atom. The Balaban J connectivity index is 2.22. The zero-order valence-electron chi connectivity index (χ0n) is 12.9. The summed E-state index contributed by atoms with van der Waals surface area (Å²) in [6, 6.07) is 8.55. The third-order valence-electron chi connectivity index (χ3n) is 3.63. The van der Waals surface area contributed by atoms with E-state index in [1.165, 1.54) is 0 Å². The zero-order chi connectivity index (χ0) is 15.9. The Morgan fingerprint density at radius 3 is 2.95 bits per heavy atom. The summed E-state index contributed by atoms with van der Waals surface area (Å²) in [6.45, 7) is 2.60. The molecule has 1 N–H and O–H groups in total. The number of nitrogens with zero attached hydrogens (tertiary/aromatic N) is 1. The number of rotatable bonds is 5. The Morgan fingerprint density at radius 2 is 2.27 bits per heavy atom. The number of nitrogens with one attached hydrogen (secondary N) is 1. The quantitative estimate of drug-likeness (QED) is 0.907. The first-order valence-electron chi connectivity index (χ1n) is 7.39. The lowest BCUT2D eigenvalue weighted by Crippen LogP contribution is -2.31. The lowest BCUT2D eigenvalue weighted by Gasteiger charge is -2.21. The number of hydrogen-bond donors (Lipinski definition) is 1. The minimum Gasteiger partial charge on any atom is -0.497 e. The topological polar surface area (TPSA) is 71.4 Å². The van der Waals surface area contributed by atoms with E-state index in [9.17, 15) is 10.1 Å². The van der Waals surface area contributed by atoms with Crippen molar-refractivity contribution < 1.29 is 14.3 Å². The molecule has 1 amide bonds. The Labute approximate surface area is 130 Å². The molecular weight excluding hydrogens is 280 g/mol. The molecule has 0 aromatic heterocycles. The number of methoxy groups -OCH3 is 1. The van der Waals surface area contributed by atoms with Crippen LogP contribution in [0.1, 0.15) is 37.8 Å². The first-order chi connectivity index (χ1) is 10.7. The van der Waals surface area contributed by atoms with Crippen LogP contribution in [0.3, 0.4) is 0 Å². The second kappa shape index (κ2) is 7.51. The molecule has 5 heteroatoms. The fraction of sp³-hybridized carbons (Fsp3) is 0.412. The highest BCUT2D eigenvalue weighted by molar-refractivity contribution is 5.94. The van der Waals surface area contributed by atoms with Gasteiger partial charge in [-0.05, 0) is 18.9 Å². The highest BCUT2D eigenvalue weighted by atomic mass is 16.5. The first kappa shape index (κ1) is 15.9. The summed E-state index contributed by atoms with van der Waals surface area (Å²) in [5, 5.41) is 12.2. The number of para-hydroxylation sites is 1. The predicted octanol–water partition coefficient (Wildman–Crippen LogP) is 2.85. The van der Waals surface area contributed by atoms with Gasteiger partial charge in [-0.25, -0.2) is 0 Å². The molecule has 116 valence electrons. The number of benzene rings is 1. The molecule has 0 fully saturated rings. The number of amides is 1. The van der Waals surface area contributed by atoms with Crippen LogP contribution in [-0.4, -0.2) is 19.6 Å². The summed E-state index contributed by atoms with van der Waals surface area (Å²) < 4.78 is 10.8. The van der Waals surface area contributed by atoms with Gasteiger partial charge in [0.2, 0.25) is 0 Å². The van der Waals surface area contributed by atoms with Crippen LogP contribution in [0, 0.1) is 11.3 Å².